The van der Waals surface area contributed by atoms with Gasteiger partial charge in [0, 0.05) is 26.1 Å². The standard InChI is InChI=1S/C14H21FN4O2/c1-3-6-17-13-11(8-10(15)9-19-13)14(21)18-7-5-12(20)16-4-2/h8-9H,3-7H2,1-2H3,(H,16,20)(H,17,19)(H,18,21). The van der Waals surface area contributed by atoms with Gasteiger partial charge in [0.15, 0.2) is 0 Å². The van der Waals surface area contributed by atoms with E-state index in [1.807, 2.05) is 13.8 Å². The summed E-state index contributed by atoms with van der Waals surface area (Å²) in [5.41, 5.74) is 0.138. The molecule has 0 saturated carbocycles. The molecule has 0 atom stereocenters. The molecule has 0 fully saturated rings. The van der Waals surface area contributed by atoms with Crippen LogP contribution >= 0.6 is 0 Å². The molecule has 7 heteroatoms. The minimum atomic E-state index is -0.578. The van der Waals surface area contributed by atoms with Gasteiger partial charge in [-0.15, -0.1) is 0 Å². The first-order valence-electron chi connectivity index (χ1n) is 7.02. The number of amides is 2. The predicted octanol–water partition coefficient (Wildman–Crippen LogP) is 1.30. The second kappa shape index (κ2) is 8.89. The van der Waals surface area contributed by atoms with Crippen molar-refractivity contribution in [2.24, 2.45) is 0 Å². The summed E-state index contributed by atoms with van der Waals surface area (Å²) in [6.07, 6.45) is 2.10. The molecular formula is C14H21FN4O2. The van der Waals surface area contributed by atoms with Crippen molar-refractivity contribution in [1.82, 2.24) is 15.6 Å². The normalized spacial score (nSPS) is 10.0. The molecule has 0 aliphatic heterocycles. The van der Waals surface area contributed by atoms with Gasteiger partial charge in [0.2, 0.25) is 5.91 Å². The summed E-state index contributed by atoms with van der Waals surface area (Å²) in [5.74, 6) is -0.830. The maximum atomic E-state index is 13.2. The van der Waals surface area contributed by atoms with E-state index < -0.39 is 11.7 Å². The molecule has 116 valence electrons. The van der Waals surface area contributed by atoms with E-state index in [1.54, 1.807) is 0 Å². The molecule has 6 nitrogen and oxygen atoms in total. The predicted molar refractivity (Wildman–Crippen MR) is 78.6 cm³/mol. The van der Waals surface area contributed by atoms with Crippen LogP contribution in [-0.2, 0) is 4.79 Å². The third-order valence-electron chi connectivity index (χ3n) is 2.65. The van der Waals surface area contributed by atoms with Crippen LogP contribution in [0.15, 0.2) is 12.3 Å². The zero-order valence-electron chi connectivity index (χ0n) is 12.3. The topological polar surface area (TPSA) is 83.1 Å². The van der Waals surface area contributed by atoms with E-state index in [0.29, 0.717) is 18.9 Å². The molecule has 2 amide bonds. The molecule has 0 spiro atoms. The summed E-state index contributed by atoms with van der Waals surface area (Å²) < 4.78 is 13.2. The molecule has 1 rings (SSSR count). The second-order valence-corrected chi connectivity index (χ2v) is 4.44. The Morgan fingerprint density at radius 3 is 2.67 bits per heavy atom. The Kier molecular flexibility index (Phi) is 7.14. The Hall–Kier alpha value is -2.18. The lowest BCUT2D eigenvalue weighted by Gasteiger charge is -2.11. The van der Waals surface area contributed by atoms with Crippen molar-refractivity contribution < 1.29 is 14.0 Å². The number of hydrogen-bond donors (Lipinski definition) is 3. The lowest BCUT2D eigenvalue weighted by Crippen LogP contribution is -2.31. The van der Waals surface area contributed by atoms with Gasteiger partial charge in [-0.3, -0.25) is 9.59 Å². The lowest BCUT2D eigenvalue weighted by molar-refractivity contribution is -0.120. The van der Waals surface area contributed by atoms with Crippen LogP contribution in [0.5, 0.6) is 0 Å². The number of anilines is 1. The fourth-order valence-electron chi connectivity index (χ4n) is 1.67. The molecule has 1 heterocycles. The van der Waals surface area contributed by atoms with Crippen molar-refractivity contribution in [1.29, 1.82) is 0 Å². The van der Waals surface area contributed by atoms with Crippen molar-refractivity contribution >= 4 is 17.6 Å². The second-order valence-electron chi connectivity index (χ2n) is 4.44. The number of carbonyl (C=O) groups is 2. The van der Waals surface area contributed by atoms with Crippen LogP contribution in [0.4, 0.5) is 10.2 Å². The number of rotatable bonds is 8. The number of halogens is 1. The maximum Gasteiger partial charge on any atom is 0.255 e. The van der Waals surface area contributed by atoms with E-state index >= 15 is 0 Å². The largest absolute Gasteiger partial charge is 0.369 e. The number of nitrogens with one attached hydrogen (secondary N) is 3. The minimum absolute atomic E-state index is 0.138. The minimum Gasteiger partial charge on any atom is -0.369 e. The van der Waals surface area contributed by atoms with Crippen molar-refractivity contribution in [3.8, 4) is 0 Å². The Morgan fingerprint density at radius 1 is 1.24 bits per heavy atom. The van der Waals surface area contributed by atoms with Crippen LogP contribution < -0.4 is 16.0 Å². The quantitative estimate of drug-likeness (QED) is 0.675. The monoisotopic (exact) mass is 296 g/mol. The first kappa shape index (κ1) is 16.9. The van der Waals surface area contributed by atoms with E-state index in [2.05, 4.69) is 20.9 Å². The molecule has 21 heavy (non-hydrogen) atoms. The van der Waals surface area contributed by atoms with E-state index in [0.717, 1.165) is 18.7 Å². The Morgan fingerprint density at radius 2 is 2.00 bits per heavy atom. The number of carbonyl (C=O) groups excluding carboxylic acids is 2. The van der Waals surface area contributed by atoms with E-state index in [4.69, 9.17) is 0 Å². The summed E-state index contributed by atoms with van der Waals surface area (Å²) in [4.78, 5) is 27.2. The molecule has 0 aromatic carbocycles. The van der Waals surface area contributed by atoms with E-state index in [-0.39, 0.29) is 24.4 Å². The van der Waals surface area contributed by atoms with E-state index in [9.17, 15) is 14.0 Å². The third kappa shape index (κ3) is 5.76. The van der Waals surface area contributed by atoms with Gasteiger partial charge in [0.25, 0.3) is 5.91 Å². The Labute approximate surface area is 123 Å². The lowest BCUT2D eigenvalue weighted by atomic mass is 10.2. The Bertz CT molecular complexity index is 494. The molecule has 0 saturated heterocycles. The molecule has 0 radical (unpaired) electrons. The SMILES string of the molecule is CCCNc1ncc(F)cc1C(=O)NCCC(=O)NCC. The van der Waals surface area contributed by atoms with Gasteiger partial charge in [-0.05, 0) is 19.4 Å². The van der Waals surface area contributed by atoms with Crippen molar-refractivity contribution in [2.75, 3.05) is 25.0 Å². The number of nitrogens with zero attached hydrogens (tertiary/aromatic N) is 1. The fraction of sp³-hybridized carbons (Fsp3) is 0.500. The average Bonchev–Trinajstić information content (AvgIpc) is 2.46. The van der Waals surface area contributed by atoms with Gasteiger partial charge in [0.1, 0.15) is 11.6 Å². The Balaban J connectivity index is 2.63. The molecule has 0 bridgehead atoms. The van der Waals surface area contributed by atoms with Gasteiger partial charge in [-0.1, -0.05) is 6.92 Å². The van der Waals surface area contributed by atoms with Gasteiger partial charge < -0.3 is 16.0 Å². The molecule has 3 N–H and O–H groups in total. The van der Waals surface area contributed by atoms with Gasteiger partial charge in [0.05, 0.1) is 11.8 Å². The molecule has 1 aromatic heterocycles. The summed E-state index contributed by atoms with van der Waals surface area (Å²) in [6, 6.07) is 1.13. The molecule has 0 aliphatic rings. The van der Waals surface area contributed by atoms with Crippen LogP contribution in [0, 0.1) is 5.82 Å². The first-order valence-corrected chi connectivity index (χ1v) is 7.02. The fourth-order valence-corrected chi connectivity index (χ4v) is 1.67. The highest BCUT2D eigenvalue weighted by Crippen LogP contribution is 2.13. The molecule has 1 aromatic rings. The summed E-state index contributed by atoms with van der Waals surface area (Å²) >= 11 is 0. The summed E-state index contributed by atoms with van der Waals surface area (Å²) in [6.45, 7) is 5.17. The molecular weight excluding hydrogens is 275 g/mol. The third-order valence-corrected chi connectivity index (χ3v) is 2.65. The zero-order chi connectivity index (χ0) is 15.7. The van der Waals surface area contributed by atoms with Gasteiger partial charge in [-0.2, -0.15) is 0 Å². The maximum absolute atomic E-state index is 13.2. The first-order chi connectivity index (χ1) is 10.1. The van der Waals surface area contributed by atoms with Crippen molar-refractivity contribution in [3.63, 3.8) is 0 Å². The number of pyridine rings is 1. The molecule has 0 aliphatic carbocycles. The van der Waals surface area contributed by atoms with Crippen LogP contribution in [0.2, 0.25) is 0 Å². The summed E-state index contributed by atoms with van der Waals surface area (Å²) in [7, 11) is 0. The van der Waals surface area contributed by atoms with Crippen LogP contribution in [-0.4, -0.2) is 36.4 Å². The van der Waals surface area contributed by atoms with Gasteiger partial charge >= 0.3 is 0 Å². The highest BCUT2D eigenvalue weighted by atomic mass is 19.1. The highest BCUT2D eigenvalue weighted by molar-refractivity contribution is 5.98. The van der Waals surface area contributed by atoms with Gasteiger partial charge in [-0.25, -0.2) is 9.37 Å². The highest BCUT2D eigenvalue weighted by Gasteiger charge is 2.14. The van der Waals surface area contributed by atoms with Crippen LogP contribution in [0.25, 0.3) is 0 Å². The number of hydrogen-bond acceptors (Lipinski definition) is 4. The average molecular weight is 296 g/mol. The van der Waals surface area contributed by atoms with Crippen molar-refractivity contribution in [3.05, 3.63) is 23.6 Å². The van der Waals surface area contributed by atoms with Crippen LogP contribution in [0.1, 0.15) is 37.0 Å². The molecule has 0 unspecified atom stereocenters. The van der Waals surface area contributed by atoms with E-state index in [1.165, 1.54) is 0 Å². The number of aromatic nitrogens is 1. The van der Waals surface area contributed by atoms with Crippen molar-refractivity contribution in [2.45, 2.75) is 26.7 Å². The summed E-state index contributed by atoms with van der Waals surface area (Å²) in [5, 5.41) is 8.19. The smallest absolute Gasteiger partial charge is 0.255 e. The zero-order valence-corrected chi connectivity index (χ0v) is 12.3. The van der Waals surface area contributed by atoms with Crippen LogP contribution in [0.3, 0.4) is 0 Å².